The normalized spacial score (nSPS) is 13.6. The minimum Gasteiger partial charge on any atom is -0.454 e. The van der Waals surface area contributed by atoms with E-state index in [4.69, 9.17) is 14.2 Å². The number of nitrogens with one attached hydrogen (secondary N) is 2. The van der Waals surface area contributed by atoms with Crippen molar-refractivity contribution in [3.8, 4) is 11.5 Å². The zero-order valence-electron chi connectivity index (χ0n) is 17.2. The molecule has 0 saturated heterocycles. The summed E-state index contributed by atoms with van der Waals surface area (Å²) in [5, 5.41) is 2.64. The fraction of sp³-hybridized carbons (Fsp3) is 0.333. The minimum atomic E-state index is -3.91. The van der Waals surface area contributed by atoms with Gasteiger partial charge in [0.05, 0.1) is 4.90 Å². The van der Waals surface area contributed by atoms with Gasteiger partial charge in [0.1, 0.15) is 6.04 Å². The quantitative estimate of drug-likeness (QED) is 0.559. The molecular weight excluding hydrogens is 424 g/mol. The molecular formula is C21H24N2O7S. The second-order valence-corrected chi connectivity index (χ2v) is 8.94. The van der Waals surface area contributed by atoms with Crippen LogP contribution in [0, 0.1) is 5.92 Å². The number of hydrogen-bond donors (Lipinski definition) is 2. The highest BCUT2D eigenvalue weighted by molar-refractivity contribution is 7.89. The number of esters is 1. The highest BCUT2D eigenvalue weighted by atomic mass is 32.2. The van der Waals surface area contributed by atoms with E-state index in [1.165, 1.54) is 12.1 Å². The van der Waals surface area contributed by atoms with Gasteiger partial charge >= 0.3 is 5.97 Å². The molecule has 0 saturated carbocycles. The Morgan fingerprint density at radius 2 is 1.77 bits per heavy atom. The van der Waals surface area contributed by atoms with Crippen molar-refractivity contribution in [1.82, 2.24) is 10.0 Å². The van der Waals surface area contributed by atoms with Gasteiger partial charge in [0.25, 0.3) is 5.91 Å². The van der Waals surface area contributed by atoms with Crippen LogP contribution in [0.4, 0.5) is 0 Å². The first-order valence-corrected chi connectivity index (χ1v) is 11.1. The maximum Gasteiger partial charge on any atom is 0.324 e. The molecule has 3 rings (SSSR count). The molecule has 0 unspecified atom stereocenters. The maximum atomic E-state index is 12.5. The molecule has 2 aromatic rings. The van der Waals surface area contributed by atoms with E-state index in [-0.39, 0.29) is 24.2 Å². The van der Waals surface area contributed by atoms with E-state index < -0.39 is 34.5 Å². The van der Waals surface area contributed by atoms with Crippen LogP contribution >= 0.6 is 0 Å². The highest BCUT2D eigenvalue weighted by Crippen LogP contribution is 2.32. The van der Waals surface area contributed by atoms with E-state index in [0.29, 0.717) is 11.5 Å². The third-order valence-electron chi connectivity index (χ3n) is 4.53. The lowest BCUT2D eigenvalue weighted by molar-refractivity contribution is -0.151. The van der Waals surface area contributed by atoms with Gasteiger partial charge in [-0.15, -0.1) is 0 Å². The number of hydrogen-bond acceptors (Lipinski definition) is 7. The topological polar surface area (TPSA) is 120 Å². The van der Waals surface area contributed by atoms with Crippen molar-refractivity contribution in [1.29, 1.82) is 0 Å². The van der Waals surface area contributed by atoms with Gasteiger partial charge in [-0.25, -0.2) is 8.42 Å². The fourth-order valence-corrected chi connectivity index (χ4v) is 4.17. The molecule has 1 aliphatic rings. The van der Waals surface area contributed by atoms with E-state index in [2.05, 4.69) is 10.0 Å². The van der Waals surface area contributed by atoms with E-state index in [0.717, 1.165) is 5.56 Å². The first-order chi connectivity index (χ1) is 14.8. The SMILES string of the molecule is CC(C)[C@H](NS(=O)(=O)c1ccccc1)C(=O)OCC(=O)NCc1ccc2c(c1)OCO2. The molecule has 0 spiro atoms. The van der Waals surface area contributed by atoms with Crippen LogP contribution in [0.1, 0.15) is 19.4 Å². The second kappa shape index (κ2) is 9.80. The summed E-state index contributed by atoms with van der Waals surface area (Å²) in [4.78, 5) is 24.5. The first-order valence-electron chi connectivity index (χ1n) is 9.65. The summed E-state index contributed by atoms with van der Waals surface area (Å²) < 4.78 is 42.9. The standard InChI is InChI=1S/C21H24N2O7S/c1-14(2)20(23-31(26,27)16-6-4-3-5-7-16)21(25)28-12-19(24)22-11-15-8-9-17-18(10-15)30-13-29-17/h3-10,14,20,23H,11-13H2,1-2H3,(H,22,24)/t20-/m0/s1. The molecule has 2 N–H and O–H groups in total. The Bertz CT molecular complexity index is 1040. The summed E-state index contributed by atoms with van der Waals surface area (Å²) in [6.07, 6.45) is 0. The van der Waals surface area contributed by atoms with Crippen LogP contribution in [-0.4, -0.2) is 39.7 Å². The molecule has 0 aliphatic carbocycles. The zero-order valence-corrected chi connectivity index (χ0v) is 18.0. The second-order valence-electron chi connectivity index (χ2n) is 7.23. The third kappa shape index (κ3) is 5.96. The number of amides is 1. The van der Waals surface area contributed by atoms with Crippen LogP contribution in [0.3, 0.4) is 0 Å². The molecule has 0 bridgehead atoms. The predicted molar refractivity (Wildman–Crippen MR) is 111 cm³/mol. The summed E-state index contributed by atoms with van der Waals surface area (Å²) >= 11 is 0. The Labute approximate surface area is 180 Å². The third-order valence-corrected chi connectivity index (χ3v) is 5.99. The maximum absolute atomic E-state index is 12.5. The van der Waals surface area contributed by atoms with E-state index >= 15 is 0 Å². The van der Waals surface area contributed by atoms with Crippen LogP contribution in [0.25, 0.3) is 0 Å². The van der Waals surface area contributed by atoms with Gasteiger partial charge in [-0.1, -0.05) is 38.1 Å². The summed E-state index contributed by atoms with van der Waals surface area (Å²) in [5.74, 6) is -0.486. The summed E-state index contributed by atoms with van der Waals surface area (Å²) in [6, 6.07) is 11.9. The Balaban J connectivity index is 1.52. The van der Waals surface area contributed by atoms with Crippen molar-refractivity contribution in [2.45, 2.75) is 31.3 Å². The van der Waals surface area contributed by atoms with Crippen LogP contribution in [-0.2, 0) is 30.9 Å². The number of rotatable bonds is 9. The molecule has 166 valence electrons. The molecule has 0 aromatic heterocycles. The molecule has 2 aromatic carbocycles. The van der Waals surface area contributed by atoms with Crippen LogP contribution < -0.4 is 19.5 Å². The fourth-order valence-electron chi connectivity index (χ4n) is 2.82. The largest absolute Gasteiger partial charge is 0.454 e. The van der Waals surface area contributed by atoms with Crippen LogP contribution in [0.15, 0.2) is 53.4 Å². The lowest BCUT2D eigenvalue weighted by Gasteiger charge is -2.20. The lowest BCUT2D eigenvalue weighted by Crippen LogP contribution is -2.46. The smallest absolute Gasteiger partial charge is 0.324 e. The van der Waals surface area contributed by atoms with Gasteiger partial charge in [0.15, 0.2) is 18.1 Å². The minimum absolute atomic E-state index is 0.0370. The molecule has 1 amide bonds. The molecule has 9 nitrogen and oxygen atoms in total. The highest BCUT2D eigenvalue weighted by Gasteiger charge is 2.30. The van der Waals surface area contributed by atoms with Crippen molar-refractivity contribution in [3.63, 3.8) is 0 Å². The van der Waals surface area contributed by atoms with Crippen molar-refractivity contribution < 1.29 is 32.2 Å². The van der Waals surface area contributed by atoms with Crippen LogP contribution in [0.5, 0.6) is 11.5 Å². The number of carbonyl (C=O) groups excluding carboxylic acids is 2. The number of fused-ring (bicyclic) bond motifs is 1. The lowest BCUT2D eigenvalue weighted by atomic mass is 10.1. The average molecular weight is 448 g/mol. The molecule has 0 fully saturated rings. The Morgan fingerprint density at radius 3 is 2.48 bits per heavy atom. The van der Waals surface area contributed by atoms with E-state index in [1.54, 1.807) is 50.2 Å². The van der Waals surface area contributed by atoms with E-state index in [1.807, 2.05) is 0 Å². The van der Waals surface area contributed by atoms with Crippen molar-refractivity contribution in [2.24, 2.45) is 5.92 Å². The van der Waals surface area contributed by atoms with E-state index in [9.17, 15) is 18.0 Å². The van der Waals surface area contributed by atoms with Gasteiger partial charge in [0.2, 0.25) is 16.8 Å². The molecule has 0 radical (unpaired) electrons. The summed E-state index contributed by atoms with van der Waals surface area (Å²) in [7, 11) is -3.91. The molecule has 10 heteroatoms. The zero-order chi connectivity index (χ0) is 22.4. The monoisotopic (exact) mass is 448 g/mol. The summed E-state index contributed by atoms with van der Waals surface area (Å²) in [5.41, 5.74) is 0.791. The van der Waals surface area contributed by atoms with Gasteiger partial charge < -0.3 is 19.5 Å². The van der Waals surface area contributed by atoms with Crippen molar-refractivity contribution in [2.75, 3.05) is 13.4 Å². The van der Waals surface area contributed by atoms with Crippen LogP contribution in [0.2, 0.25) is 0 Å². The van der Waals surface area contributed by atoms with Gasteiger partial charge in [-0.2, -0.15) is 4.72 Å². The number of sulfonamides is 1. The van der Waals surface area contributed by atoms with Gasteiger partial charge in [0, 0.05) is 6.54 Å². The molecule has 1 heterocycles. The molecule has 31 heavy (non-hydrogen) atoms. The summed E-state index contributed by atoms with van der Waals surface area (Å²) in [6.45, 7) is 3.20. The number of ether oxygens (including phenoxy) is 3. The molecule has 1 aliphatic heterocycles. The number of carbonyl (C=O) groups is 2. The van der Waals surface area contributed by atoms with Crippen molar-refractivity contribution in [3.05, 3.63) is 54.1 Å². The molecule has 1 atom stereocenters. The first kappa shape index (κ1) is 22.6. The Morgan fingerprint density at radius 1 is 1.06 bits per heavy atom. The number of benzene rings is 2. The van der Waals surface area contributed by atoms with Gasteiger partial charge in [-0.3, -0.25) is 9.59 Å². The van der Waals surface area contributed by atoms with Crippen molar-refractivity contribution >= 4 is 21.9 Å². The Hall–Kier alpha value is -3.11. The predicted octanol–water partition coefficient (Wildman–Crippen LogP) is 1.58. The average Bonchev–Trinajstić information content (AvgIpc) is 3.22. The Kier molecular flexibility index (Phi) is 7.13. The van der Waals surface area contributed by atoms with Gasteiger partial charge in [-0.05, 0) is 35.7 Å².